The van der Waals surface area contributed by atoms with E-state index in [1.807, 2.05) is 0 Å². The van der Waals surface area contributed by atoms with Crippen molar-refractivity contribution in [3.05, 3.63) is 11.3 Å². The minimum absolute atomic E-state index is 0.141. The first kappa shape index (κ1) is 12.6. The van der Waals surface area contributed by atoms with Crippen LogP contribution in [0.1, 0.15) is 12.8 Å². The minimum atomic E-state index is -0.528. The third-order valence-electron chi connectivity index (χ3n) is 2.78. The molecule has 1 aromatic rings. The molecule has 7 nitrogen and oxygen atoms in total. The van der Waals surface area contributed by atoms with Crippen molar-refractivity contribution in [2.24, 2.45) is 0 Å². The van der Waals surface area contributed by atoms with Crippen molar-refractivity contribution in [1.29, 1.82) is 0 Å². The van der Waals surface area contributed by atoms with Gasteiger partial charge in [-0.1, -0.05) is 11.6 Å². The van der Waals surface area contributed by atoms with E-state index in [0.29, 0.717) is 18.7 Å². The van der Waals surface area contributed by atoms with Gasteiger partial charge in [0.2, 0.25) is 5.91 Å². The van der Waals surface area contributed by atoms with Gasteiger partial charge in [0.05, 0.1) is 0 Å². The Morgan fingerprint density at radius 3 is 2.94 bits per heavy atom. The molecular weight excluding hydrogens is 258 g/mol. The van der Waals surface area contributed by atoms with E-state index in [0.717, 1.165) is 4.90 Å². The van der Waals surface area contributed by atoms with E-state index < -0.39 is 6.04 Å². The van der Waals surface area contributed by atoms with Crippen molar-refractivity contribution in [2.45, 2.75) is 18.9 Å². The van der Waals surface area contributed by atoms with Crippen LogP contribution in [0.15, 0.2) is 6.33 Å². The van der Waals surface area contributed by atoms with Crippen molar-refractivity contribution in [3.63, 3.8) is 0 Å². The van der Waals surface area contributed by atoms with Crippen LogP contribution in [0.5, 0.6) is 0 Å². The number of hydrogen-bond acceptors (Lipinski definition) is 6. The summed E-state index contributed by atoms with van der Waals surface area (Å²) in [5, 5.41) is 3.06. The van der Waals surface area contributed by atoms with Gasteiger partial charge in [-0.2, -0.15) is 0 Å². The van der Waals surface area contributed by atoms with Crippen LogP contribution in [-0.2, 0) is 9.59 Å². The highest BCUT2D eigenvalue weighted by atomic mass is 35.5. The zero-order valence-electron chi connectivity index (χ0n) is 9.68. The van der Waals surface area contributed by atoms with Crippen LogP contribution < -0.4 is 11.1 Å². The number of likely N-dealkylation sites (N-methyl/N-ethyl adjacent to an activating group) is 1. The molecule has 1 aliphatic heterocycles. The summed E-state index contributed by atoms with van der Waals surface area (Å²) in [6, 6.07) is -0.528. The second kappa shape index (κ2) is 4.77. The molecule has 0 spiro atoms. The summed E-state index contributed by atoms with van der Waals surface area (Å²) in [4.78, 5) is 31.9. The summed E-state index contributed by atoms with van der Waals surface area (Å²) in [6.07, 6.45) is 1.96. The molecule has 0 aromatic carbocycles. The van der Waals surface area contributed by atoms with Gasteiger partial charge in [0.15, 0.2) is 5.82 Å². The number of rotatable bonds is 2. The van der Waals surface area contributed by atoms with Crippen LogP contribution in [0.3, 0.4) is 0 Å². The van der Waals surface area contributed by atoms with Gasteiger partial charge in [0, 0.05) is 13.5 Å². The Kier molecular flexibility index (Phi) is 3.33. The highest BCUT2D eigenvalue weighted by molar-refractivity contribution is 6.35. The Balaban J connectivity index is 2.17. The maximum atomic E-state index is 11.9. The number of likely N-dealkylation sites (tertiary alicyclic amines) is 1. The fraction of sp³-hybridized carbons (Fsp3) is 0.400. The average molecular weight is 270 g/mol. The summed E-state index contributed by atoms with van der Waals surface area (Å²) in [7, 11) is 1.45. The third-order valence-corrected chi connectivity index (χ3v) is 3.15. The minimum Gasteiger partial charge on any atom is -0.382 e. The monoisotopic (exact) mass is 269 g/mol. The number of hydrogen-bond donors (Lipinski definition) is 2. The predicted molar refractivity (Wildman–Crippen MR) is 65.9 cm³/mol. The molecule has 0 saturated carbocycles. The van der Waals surface area contributed by atoms with E-state index in [1.54, 1.807) is 0 Å². The number of nitrogens with one attached hydrogen (secondary N) is 1. The summed E-state index contributed by atoms with van der Waals surface area (Å²) < 4.78 is 0. The fourth-order valence-electron chi connectivity index (χ4n) is 1.70. The molecule has 18 heavy (non-hydrogen) atoms. The molecule has 1 unspecified atom stereocenters. The molecule has 0 radical (unpaired) electrons. The molecular formula is C10H12ClN5O2. The van der Waals surface area contributed by atoms with Crippen LogP contribution in [0, 0.1) is 0 Å². The first-order valence-electron chi connectivity index (χ1n) is 5.33. The molecule has 0 aliphatic carbocycles. The first-order chi connectivity index (χ1) is 8.50. The molecule has 1 fully saturated rings. The van der Waals surface area contributed by atoms with E-state index >= 15 is 0 Å². The molecule has 2 amide bonds. The van der Waals surface area contributed by atoms with Gasteiger partial charge in [-0.25, -0.2) is 9.97 Å². The van der Waals surface area contributed by atoms with E-state index in [9.17, 15) is 9.59 Å². The molecule has 2 rings (SSSR count). The average Bonchev–Trinajstić information content (AvgIpc) is 2.35. The Bertz CT molecular complexity index is 507. The lowest BCUT2D eigenvalue weighted by atomic mass is 10.0. The van der Waals surface area contributed by atoms with Crippen molar-refractivity contribution in [1.82, 2.24) is 14.9 Å². The topological polar surface area (TPSA) is 101 Å². The second-order valence-electron chi connectivity index (χ2n) is 3.95. The lowest BCUT2D eigenvalue weighted by Gasteiger charge is -2.28. The number of amides is 2. The number of imide groups is 1. The molecule has 3 N–H and O–H groups in total. The fourth-order valence-corrected chi connectivity index (χ4v) is 1.85. The van der Waals surface area contributed by atoms with Gasteiger partial charge in [0.1, 0.15) is 23.2 Å². The number of carbonyl (C=O) groups excluding carboxylic acids is 2. The Morgan fingerprint density at radius 1 is 1.50 bits per heavy atom. The van der Waals surface area contributed by atoms with Gasteiger partial charge < -0.3 is 11.1 Å². The third kappa shape index (κ3) is 2.21. The van der Waals surface area contributed by atoms with Gasteiger partial charge in [-0.05, 0) is 6.42 Å². The quantitative estimate of drug-likeness (QED) is 0.748. The van der Waals surface area contributed by atoms with Crippen molar-refractivity contribution in [2.75, 3.05) is 18.1 Å². The molecule has 8 heteroatoms. The Hall–Kier alpha value is -1.89. The number of nitrogens with two attached hydrogens (primary N) is 1. The van der Waals surface area contributed by atoms with Crippen molar-refractivity contribution < 1.29 is 9.59 Å². The highest BCUT2D eigenvalue weighted by Gasteiger charge is 2.32. The number of carbonyl (C=O) groups is 2. The lowest BCUT2D eigenvalue weighted by Crippen LogP contribution is -2.48. The van der Waals surface area contributed by atoms with Gasteiger partial charge in [-0.15, -0.1) is 0 Å². The number of piperidine rings is 1. The van der Waals surface area contributed by atoms with Crippen LogP contribution >= 0.6 is 11.6 Å². The molecule has 96 valence electrons. The Morgan fingerprint density at radius 2 is 2.22 bits per heavy atom. The highest BCUT2D eigenvalue weighted by Crippen LogP contribution is 2.25. The van der Waals surface area contributed by atoms with Crippen LogP contribution in [0.25, 0.3) is 0 Å². The number of aromatic nitrogens is 2. The molecule has 0 bridgehead atoms. The molecule has 1 atom stereocenters. The van der Waals surface area contributed by atoms with E-state index in [4.69, 9.17) is 17.3 Å². The normalized spacial score (nSPS) is 20.1. The van der Waals surface area contributed by atoms with Crippen molar-refractivity contribution >= 4 is 35.1 Å². The first-order valence-corrected chi connectivity index (χ1v) is 5.71. The van der Waals surface area contributed by atoms with Crippen molar-refractivity contribution in [3.8, 4) is 0 Å². The van der Waals surface area contributed by atoms with Crippen LogP contribution in [0.4, 0.5) is 11.6 Å². The predicted octanol–water partition coefficient (Wildman–Crippen LogP) is 0.271. The van der Waals surface area contributed by atoms with Crippen LogP contribution in [0.2, 0.25) is 5.02 Å². The number of nitrogens with zero attached hydrogens (tertiary/aromatic N) is 3. The van der Waals surface area contributed by atoms with Gasteiger partial charge in [0.25, 0.3) is 5.91 Å². The molecule has 1 saturated heterocycles. The van der Waals surface area contributed by atoms with E-state index in [1.165, 1.54) is 13.4 Å². The van der Waals surface area contributed by atoms with E-state index in [-0.39, 0.29) is 22.7 Å². The van der Waals surface area contributed by atoms with Gasteiger partial charge >= 0.3 is 0 Å². The summed E-state index contributed by atoms with van der Waals surface area (Å²) in [6.45, 7) is 0. The van der Waals surface area contributed by atoms with E-state index in [2.05, 4.69) is 15.3 Å². The van der Waals surface area contributed by atoms with Gasteiger partial charge in [-0.3, -0.25) is 14.5 Å². The lowest BCUT2D eigenvalue weighted by molar-refractivity contribution is -0.146. The summed E-state index contributed by atoms with van der Waals surface area (Å²) >= 11 is 5.92. The maximum absolute atomic E-state index is 11.9. The molecule has 1 aromatic heterocycles. The molecule has 1 aliphatic rings. The maximum Gasteiger partial charge on any atom is 0.251 e. The number of halogens is 1. The second-order valence-corrected chi connectivity index (χ2v) is 4.33. The standard InChI is InChI=1S/C10H12ClN5O2/c1-16-6(17)3-2-5(10(16)18)15-9-7(11)8(12)13-4-14-9/h4-5H,2-3H2,1H3,(H3,12,13,14,15). The smallest absolute Gasteiger partial charge is 0.251 e. The largest absolute Gasteiger partial charge is 0.382 e. The number of anilines is 2. The Labute approximate surface area is 108 Å². The summed E-state index contributed by atoms with van der Waals surface area (Å²) in [5.41, 5.74) is 5.54. The van der Waals surface area contributed by atoms with Crippen LogP contribution in [-0.4, -0.2) is 39.8 Å². The zero-order valence-corrected chi connectivity index (χ0v) is 10.4. The SMILES string of the molecule is CN1C(=O)CCC(Nc2ncnc(N)c2Cl)C1=O. The number of nitrogen functional groups attached to an aromatic ring is 1. The zero-order chi connectivity index (χ0) is 13.3. The molecule has 2 heterocycles. The summed E-state index contributed by atoms with van der Waals surface area (Å²) in [5.74, 6) is -0.0574.